The van der Waals surface area contributed by atoms with E-state index >= 15 is 0 Å². The summed E-state index contributed by atoms with van der Waals surface area (Å²) >= 11 is 0. The van der Waals surface area contributed by atoms with Gasteiger partial charge in [0, 0.05) is 24.8 Å². The highest BCUT2D eigenvalue weighted by molar-refractivity contribution is 5.95. The summed E-state index contributed by atoms with van der Waals surface area (Å²) < 4.78 is 1.85. The van der Waals surface area contributed by atoms with Crippen LogP contribution in [-0.2, 0) is 18.5 Å². The molecule has 0 saturated heterocycles. The van der Waals surface area contributed by atoms with Crippen LogP contribution in [0.2, 0.25) is 0 Å². The molecule has 2 aromatic carbocycles. The van der Waals surface area contributed by atoms with Gasteiger partial charge in [0.1, 0.15) is 11.5 Å². The van der Waals surface area contributed by atoms with Gasteiger partial charge in [-0.2, -0.15) is 5.26 Å². The van der Waals surface area contributed by atoms with E-state index in [0.717, 1.165) is 16.7 Å². The Morgan fingerprint density at radius 1 is 1.17 bits per heavy atom. The van der Waals surface area contributed by atoms with Crippen molar-refractivity contribution in [3.8, 4) is 6.07 Å². The highest BCUT2D eigenvalue weighted by Crippen LogP contribution is 2.22. The second-order valence-electron chi connectivity index (χ2n) is 7.66. The minimum Gasteiger partial charge on any atom is -0.384 e. The van der Waals surface area contributed by atoms with E-state index in [1.165, 1.54) is 0 Å². The maximum absolute atomic E-state index is 12.4. The third kappa shape index (κ3) is 4.92. The van der Waals surface area contributed by atoms with E-state index < -0.39 is 5.41 Å². The predicted octanol–water partition coefficient (Wildman–Crippen LogP) is 2.95. The number of imidazole rings is 1. The van der Waals surface area contributed by atoms with Crippen LogP contribution in [0.5, 0.6) is 0 Å². The first kappa shape index (κ1) is 20.8. The van der Waals surface area contributed by atoms with Crippen LogP contribution in [0.3, 0.4) is 0 Å². The number of nitrogens with one attached hydrogen (secondary N) is 2. The average molecular weight is 400 g/mol. The molecule has 0 aliphatic rings. The molecule has 152 valence electrons. The van der Waals surface area contributed by atoms with Crippen LogP contribution in [-0.4, -0.2) is 21.3 Å². The lowest BCUT2D eigenvalue weighted by atomic mass is 9.86. The molecular formula is C23H24N6O. The van der Waals surface area contributed by atoms with E-state index in [9.17, 15) is 10.1 Å². The summed E-state index contributed by atoms with van der Waals surface area (Å²) in [6.45, 7) is 4.72. The first-order valence-electron chi connectivity index (χ1n) is 9.52. The van der Waals surface area contributed by atoms with Crippen LogP contribution in [0.15, 0.2) is 61.1 Å². The van der Waals surface area contributed by atoms with Gasteiger partial charge in [-0.05, 0) is 30.5 Å². The molecule has 0 radical (unpaired) electrons. The Kier molecular flexibility index (Phi) is 5.98. The number of benzene rings is 2. The predicted molar refractivity (Wildman–Crippen MR) is 115 cm³/mol. The molecule has 0 unspecified atom stereocenters. The number of aromatic nitrogens is 2. The number of nitriles is 1. The smallest absolute Gasteiger partial charge is 0.271 e. The molecule has 0 saturated carbocycles. The fourth-order valence-corrected chi connectivity index (χ4v) is 2.94. The number of rotatable bonds is 7. The zero-order chi connectivity index (χ0) is 21.7. The van der Waals surface area contributed by atoms with Crippen molar-refractivity contribution in [1.82, 2.24) is 14.9 Å². The molecule has 1 heterocycles. The zero-order valence-electron chi connectivity index (χ0n) is 17.0. The molecule has 3 rings (SSSR count). The maximum Gasteiger partial charge on any atom is 0.271 e. The number of hydrogen-bond donors (Lipinski definition) is 3. The van der Waals surface area contributed by atoms with E-state index in [4.69, 9.17) is 11.1 Å². The molecule has 0 atom stereocenters. The number of carbonyl (C=O) groups excluding carboxylic acids is 1. The van der Waals surface area contributed by atoms with Gasteiger partial charge in [-0.1, -0.05) is 48.5 Å². The SMILES string of the molecule is CC(C)(C#N)c1ccc(Cn2cnc(C(=O)NCc3ccc(C(=N)N)cc3)c2)cc1. The second kappa shape index (κ2) is 8.62. The Morgan fingerprint density at radius 3 is 2.40 bits per heavy atom. The van der Waals surface area contributed by atoms with Gasteiger partial charge in [0.05, 0.1) is 17.8 Å². The summed E-state index contributed by atoms with van der Waals surface area (Å²) in [5, 5.41) is 19.5. The van der Waals surface area contributed by atoms with Gasteiger partial charge in [0.15, 0.2) is 0 Å². The van der Waals surface area contributed by atoms with Gasteiger partial charge in [0.2, 0.25) is 0 Å². The molecule has 0 aliphatic heterocycles. The molecular weight excluding hydrogens is 376 g/mol. The molecule has 0 fully saturated rings. The van der Waals surface area contributed by atoms with Crippen LogP contribution in [0, 0.1) is 16.7 Å². The number of nitrogen functional groups attached to an aromatic ring is 1. The third-order valence-corrected chi connectivity index (χ3v) is 4.90. The number of amides is 1. The number of nitrogens with zero attached hydrogens (tertiary/aromatic N) is 3. The molecule has 7 nitrogen and oxygen atoms in total. The molecule has 0 spiro atoms. The van der Waals surface area contributed by atoms with Gasteiger partial charge in [0.25, 0.3) is 5.91 Å². The number of carbonyl (C=O) groups is 1. The van der Waals surface area contributed by atoms with Gasteiger partial charge in [-0.3, -0.25) is 10.2 Å². The monoisotopic (exact) mass is 400 g/mol. The Balaban J connectivity index is 1.58. The Morgan fingerprint density at radius 2 is 1.80 bits per heavy atom. The first-order valence-corrected chi connectivity index (χ1v) is 9.52. The van der Waals surface area contributed by atoms with E-state index in [-0.39, 0.29) is 11.7 Å². The summed E-state index contributed by atoms with van der Waals surface area (Å²) in [5.74, 6) is -0.241. The summed E-state index contributed by atoms with van der Waals surface area (Å²) in [6.07, 6.45) is 3.34. The average Bonchev–Trinajstić information content (AvgIpc) is 3.21. The summed E-state index contributed by atoms with van der Waals surface area (Å²) in [4.78, 5) is 16.6. The Labute approximate surface area is 175 Å². The van der Waals surface area contributed by atoms with E-state index in [1.807, 2.05) is 54.8 Å². The number of amidine groups is 1. The van der Waals surface area contributed by atoms with Crippen molar-refractivity contribution in [2.75, 3.05) is 0 Å². The lowest BCUT2D eigenvalue weighted by Gasteiger charge is -2.16. The van der Waals surface area contributed by atoms with E-state index in [0.29, 0.717) is 24.3 Å². The van der Waals surface area contributed by atoms with Crippen LogP contribution in [0.4, 0.5) is 0 Å². The molecule has 0 aliphatic carbocycles. The fraction of sp³-hybridized carbons (Fsp3) is 0.217. The highest BCUT2D eigenvalue weighted by atomic mass is 16.1. The molecule has 0 bridgehead atoms. The quantitative estimate of drug-likeness (QED) is 0.417. The lowest BCUT2D eigenvalue weighted by molar-refractivity contribution is 0.0946. The second-order valence-corrected chi connectivity index (χ2v) is 7.66. The van der Waals surface area contributed by atoms with Crippen molar-refractivity contribution in [2.45, 2.75) is 32.4 Å². The largest absolute Gasteiger partial charge is 0.384 e. The Bertz CT molecular complexity index is 1090. The lowest BCUT2D eigenvalue weighted by Crippen LogP contribution is -2.23. The zero-order valence-corrected chi connectivity index (χ0v) is 17.0. The molecule has 1 aromatic heterocycles. The van der Waals surface area contributed by atoms with Gasteiger partial charge in [-0.25, -0.2) is 4.98 Å². The number of nitrogens with two attached hydrogens (primary N) is 1. The summed E-state index contributed by atoms with van der Waals surface area (Å²) in [5.41, 5.74) is 8.85. The highest BCUT2D eigenvalue weighted by Gasteiger charge is 2.19. The molecule has 7 heteroatoms. The van der Waals surface area contributed by atoms with Crippen molar-refractivity contribution < 1.29 is 4.79 Å². The maximum atomic E-state index is 12.4. The van der Waals surface area contributed by atoms with Crippen molar-refractivity contribution >= 4 is 11.7 Å². The van der Waals surface area contributed by atoms with Crippen molar-refractivity contribution in [3.63, 3.8) is 0 Å². The normalized spacial score (nSPS) is 11.0. The van der Waals surface area contributed by atoms with Gasteiger partial charge in [-0.15, -0.1) is 0 Å². The number of hydrogen-bond acceptors (Lipinski definition) is 4. The summed E-state index contributed by atoms with van der Waals surface area (Å²) in [7, 11) is 0. The Hall–Kier alpha value is -3.92. The van der Waals surface area contributed by atoms with Crippen molar-refractivity contribution in [3.05, 3.63) is 89.0 Å². The van der Waals surface area contributed by atoms with Crippen LogP contribution < -0.4 is 11.1 Å². The van der Waals surface area contributed by atoms with Crippen LogP contribution >= 0.6 is 0 Å². The summed E-state index contributed by atoms with van der Waals surface area (Å²) in [6, 6.07) is 17.3. The fourth-order valence-electron chi connectivity index (χ4n) is 2.94. The van der Waals surface area contributed by atoms with Gasteiger partial charge < -0.3 is 15.6 Å². The van der Waals surface area contributed by atoms with E-state index in [2.05, 4.69) is 16.4 Å². The topological polar surface area (TPSA) is 121 Å². The molecule has 30 heavy (non-hydrogen) atoms. The minimum atomic E-state index is -0.523. The van der Waals surface area contributed by atoms with Crippen molar-refractivity contribution in [2.24, 2.45) is 5.73 Å². The van der Waals surface area contributed by atoms with E-state index in [1.54, 1.807) is 24.7 Å². The van der Waals surface area contributed by atoms with Crippen molar-refractivity contribution in [1.29, 1.82) is 10.7 Å². The third-order valence-electron chi connectivity index (χ3n) is 4.90. The molecule has 3 aromatic rings. The minimum absolute atomic E-state index is 0.0135. The van der Waals surface area contributed by atoms with Gasteiger partial charge >= 0.3 is 0 Å². The van der Waals surface area contributed by atoms with Crippen LogP contribution in [0.1, 0.15) is 46.6 Å². The standard InChI is InChI=1S/C23H24N6O/c1-23(2,14-24)19-9-5-17(6-10-19)12-29-13-20(28-15-29)22(30)27-11-16-3-7-18(8-4-16)21(25)26/h3-10,13,15H,11-12H2,1-2H3,(H3,25,26)(H,27,30). The molecule has 4 N–H and O–H groups in total. The van der Waals surface area contributed by atoms with Crippen LogP contribution in [0.25, 0.3) is 0 Å². The first-order chi connectivity index (χ1) is 14.3. The molecule has 1 amide bonds.